The summed E-state index contributed by atoms with van der Waals surface area (Å²) in [7, 11) is 0. The van der Waals surface area contributed by atoms with Crippen LogP contribution < -0.4 is 4.89 Å². The van der Waals surface area contributed by atoms with E-state index in [2.05, 4.69) is 11.8 Å². The molecule has 1 aromatic rings. The molecule has 0 saturated heterocycles. The van der Waals surface area contributed by atoms with Gasteiger partial charge >= 0.3 is 0 Å². The molecular formula is C10H14O2. The SMILES string of the molecule is CCCc1c(C)cccc1OO. The molecule has 0 radical (unpaired) electrons. The first-order valence-electron chi connectivity index (χ1n) is 4.19. The van der Waals surface area contributed by atoms with E-state index in [0.717, 1.165) is 18.4 Å². The quantitative estimate of drug-likeness (QED) is 0.552. The van der Waals surface area contributed by atoms with Crippen molar-refractivity contribution in [1.82, 2.24) is 0 Å². The highest BCUT2D eigenvalue weighted by atomic mass is 17.1. The van der Waals surface area contributed by atoms with Crippen LogP contribution in [0.2, 0.25) is 0 Å². The molecule has 0 atom stereocenters. The lowest BCUT2D eigenvalue weighted by Crippen LogP contribution is -1.94. The third-order valence-corrected chi connectivity index (χ3v) is 1.97. The van der Waals surface area contributed by atoms with Crippen molar-refractivity contribution in [2.24, 2.45) is 0 Å². The van der Waals surface area contributed by atoms with Crippen LogP contribution in [0.4, 0.5) is 0 Å². The van der Waals surface area contributed by atoms with Gasteiger partial charge in [0.25, 0.3) is 0 Å². The van der Waals surface area contributed by atoms with Gasteiger partial charge in [0.15, 0.2) is 5.75 Å². The van der Waals surface area contributed by atoms with Crippen LogP contribution in [-0.2, 0) is 6.42 Å². The topological polar surface area (TPSA) is 29.5 Å². The predicted molar refractivity (Wildman–Crippen MR) is 48.4 cm³/mol. The van der Waals surface area contributed by atoms with Crippen LogP contribution in [-0.4, -0.2) is 5.26 Å². The fraction of sp³-hybridized carbons (Fsp3) is 0.400. The second kappa shape index (κ2) is 4.12. The number of hydrogen-bond acceptors (Lipinski definition) is 2. The molecule has 66 valence electrons. The van der Waals surface area contributed by atoms with E-state index in [4.69, 9.17) is 5.26 Å². The van der Waals surface area contributed by atoms with E-state index in [9.17, 15) is 0 Å². The Hall–Kier alpha value is -1.02. The molecule has 2 heteroatoms. The summed E-state index contributed by atoms with van der Waals surface area (Å²) in [5.41, 5.74) is 2.27. The molecule has 0 fully saturated rings. The van der Waals surface area contributed by atoms with Crippen molar-refractivity contribution in [2.75, 3.05) is 0 Å². The minimum Gasteiger partial charge on any atom is -0.340 e. The molecule has 0 heterocycles. The van der Waals surface area contributed by atoms with Gasteiger partial charge in [0.05, 0.1) is 0 Å². The van der Waals surface area contributed by atoms with Gasteiger partial charge in [-0.25, -0.2) is 5.26 Å². The highest BCUT2D eigenvalue weighted by Gasteiger charge is 2.04. The van der Waals surface area contributed by atoms with Crippen molar-refractivity contribution in [1.29, 1.82) is 0 Å². The zero-order valence-electron chi connectivity index (χ0n) is 7.50. The van der Waals surface area contributed by atoms with Crippen LogP contribution in [0.3, 0.4) is 0 Å². The molecule has 0 aliphatic rings. The first-order chi connectivity index (χ1) is 5.79. The van der Waals surface area contributed by atoms with Gasteiger partial charge in [-0.3, -0.25) is 0 Å². The van der Waals surface area contributed by atoms with Gasteiger partial charge < -0.3 is 4.89 Å². The molecule has 0 unspecified atom stereocenters. The van der Waals surface area contributed by atoms with E-state index in [1.54, 1.807) is 6.07 Å². The molecule has 2 nitrogen and oxygen atoms in total. The van der Waals surface area contributed by atoms with Crippen LogP contribution in [0.1, 0.15) is 24.5 Å². The minimum atomic E-state index is 0.580. The summed E-state index contributed by atoms with van der Waals surface area (Å²) < 4.78 is 0. The fourth-order valence-corrected chi connectivity index (χ4v) is 1.33. The van der Waals surface area contributed by atoms with Crippen molar-refractivity contribution >= 4 is 0 Å². The van der Waals surface area contributed by atoms with Crippen LogP contribution in [0.25, 0.3) is 0 Å². The molecule has 0 aliphatic heterocycles. The standard InChI is InChI=1S/C10H14O2/c1-3-5-9-8(2)6-4-7-10(9)12-11/h4,6-7,11H,3,5H2,1-2H3. The summed E-state index contributed by atoms with van der Waals surface area (Å²) >= 11 is 0. The normalized spacial score (nSPS) is 9.92. The molecule has 0 saturated carbocycles. The second-order valence-electron chi connectivity index (χ2n) is 2.89. The van der Waals surface area contributed by atoms with E-state index < -0.39 is 0 Å². The van der Waals surface area contributed by atoms with E-state index in [1.807, 2.05) is 19.1 Å². The summed E-state index contributed by atoms with van der Waals surface area (Å²) in [5.74, 6) is 0.580. The summed E-state index contributed by atoms with van der Waals surface area (Å²) in [5, 5.41) is 8.57. The molecule has 0 spiro atoms. The van der Waals surface area contributed by atoms with Crippen LogP contribution >= 0.6 is 0 Å². The summed E-state index contributed by atoms with van der Waals surface area (Å²) in [6, 6.07) is 5.67. The van der Waals surface area contributed by atoms with Gasteiger partial charge in [0.1, 0.15) is 0 Å². The van der Waals surface area contributed by atoms with Gasteiger partial charge in [-0.2, -0.15) is 0 Å². The van der Waals surface area contributed by atoms with Crippen molar-refractivity contribution in [3.05, 3.63) is 29.3 Å². The smallest absolute Gasteiger partial charge is 0.168 e. The molecule has 1 N–H and O–H groups in total. The van der Waals surface area contributed by atoms with E-state index in [-0.39, 0.29) is 0 Å². The Morgan fingerprint density at radius 3 is 2.75 bits per heavy atom. The molecular weight excluding hydrogens is 152 g/mol. The average molecular weight is 166 g/mol. The van der Waals surface area contributed by atoms with Gasteiger partial charge in [-0.15, -0.1) is 0 Å². The number of benzene rings is 1. The molecule has 1 aromatic carbocycles. The molecule has 0 aromatic heterocycles. The van der Waals surface area contributed by atoms with Crippen molar-refractivity contribution in [3.63, 3.8) is 0 Å². The zero-order valence-corrected chi connectivity index (χ0v) is 7.50. The van der Waals surface area contributed by atoms with Crippen molar-refractivity contribution in [3.8, 4) is 5.75 Å². The Bertz CT molecular complexity index is 256. The number of rotatable bonds is 3. The lowest BCUT2D eigenvalue weighted by atomic mass is 10.0. The van der Waals surface area contributed by atoms with E-state index >= 15 is 0 Å². The van der Waals surface area contributed by atoms with Crippen molar-refractivity contribution < 1.29 is 10.1 Å². The second-order valence-corrected chi connectivity index (χ2v) is 2.89. The third-order valence-electron chi connectivity index (χ3n) is 1.97. The zero-order chi connectivity index (χ0) is 8.97. The largest absolute Gasteiger partial charge is 0.340 e. The monoisotopic (exact) mass is 166 g/mol. The molecule has 1 rings (SSSR count). The first-order valence-corrected chi connectivity index (χ1v) is 4.19. The Kier molecular flexibility index (Phi) is 3.11. The van der Waals surface area contributed by atoms with Gasteiger partial charge in [-0.1, -0.05) is 25.5 Å². The van der Waals surface area contributed by atoms with E-state index in [1.165, 1.54) is 5.56 Å². The first kappa shape index (κ1) is 9.07. The van der Waals surface area contributed by atoms with Gasteiger partial charge in [-0.05, 0) is 25.0 Å². The maximum atomic E-state index is 8.57. The van der Waals surface area contributed by atoms with Crippen LogP contribution in [0.5, 0.6) is 5.75 Å². The summed E-state index contributed by atoms with van der Waals surface area (Å²) in [4.78, 5) is 4.28. The highest BCUT2D eigenvalue weighted by molar-refractivity contribution is 5.39. The number of hydrogen-bond donors (Lipinski definition) is 1. The van der Waals surface area contributed by atoms with Gasteiger partial charge in [0, 0.05) is 5.56 Å². The third kappa shape index (κ3) is 1.77. The van der Waals surface area contributed by atoms with Crippen molar-refractivity contribution in [2.45, 2.75) is 26.7 Å². The Morgan fingerprint density at radius 2 is 2.17 bits per heavy atom. The molecule has 12 heavy (non-hydrogen) atoms. The maximum Gasteiger partial charge on any atom is 0.168 e. The Morgan fingerprint density at radius 1 is 1.42 bits per heavy atom. The van der Waals surface area contributed by atoms with Gasteiger partial charge in [0.2, 0.25) is 0 Å². The molecule has 0 aliphatic carbocycles. The lowest BCUT2D eigenvalue weighted by molar-refractivity contribution is -0.138. The average Bonchev–Trinajstić information content (AvgIpc) is 2.09. The Balaban J connectivity index is 3.02. The Labute approximate surface area is 72.7 Å². The predicted octanol–water partition coefficient (Wildman–Crippen LogP) is 2.80. The van der Waals surface area contributed by atoms with Crippen LogP contribution in [0.15, 0.2) is 18.2 Å². The lowest BCUT2D eigenvalue weighted by Gasteiger charge is -2.07. The summed E-state index contributed by atoms with van der Waals surface area (Å²) in [6.45, 7) is 4.13. The minimum absolute atomic E-state index is 0.580. The fourth-order valence-electron chi connectivity index (χ4n) is 1.33. The van der Waals surface area contributed by atoms with E-state index in [0.29, 0.717) is 5.75 Å². The maximum absolute atomic E-state index is 8.57. The molecule has 0 amide bonds. The number of aryl methyl sites for hydroxylation is 1. The summed E-state index contributed by atoms with van der Waals surface area (Å²) in [6.07, 6.45) is 2.00. The van der Waals surface area contributed by atoms with Crippen LogP contribution in [0, 0.1) is 6.92 Å². The highest BCUT2D eigenvalue weighted by Crippen LogP contribution is 2.22. The molecule has 0 bridgehead atoms.